The number of carbonyl (C=O) groups is 1. The summed E-state index contributed by atoms with van der Waals surface area (Å²) in [5, 5.41) is 2.91. The van der Waals surface area contributed by atoms with Gasteiger partial charge in [0.2, 0.25) is 0 Å². The molecule has 3 rings (SSSR count). The molecule has 122 valence electrons. The molecule has 1 fully saturated rings. The van der Waals surface area contributed by atoms with Gasteiger partial charge in [-0.1, -0.05) is 0 Å². The van der Waals surface area contributed by atoms with Crippen LogP contribution in [0.5, 0.6) is 0 Å². The average Bonchev–Trinajstić information content (AvgIpc) is 3.30. The highest BCUT2D eigenvalue weighted by atomic mass is 32.1. The highest BCUT2D eigenvalue weighted by molar-refractivity contribution is 7.09. The molecule has 1 atom stereocenters. The maximum Gasteiger partial charge on any atom is 0.263 e. The number of hydrogen-bond donors (Lipinski definition) is 0. The van der Waals surface area contributed by atoms with Gasteiger partial charge < -0.3 is 9.47 Å². The van der Waals surface area contributed by atoms with Crippen molar-refractivity contribution < 1.29 is 4.79 Å². The molecule has 2 aromatic rings. The minimum Gasteiger partial charge on any atom is -0.339 e. The Morgan fingerprint density at radius 2 is 2.26 bits per heavy atom. The minimum atomic E-state index is -0.252. The standard InChI is InChI=1S/C17H21N3O2S/c1-11(13-6-7-13)19(3)16(21)15-5-4-8-20(17(15)22)9-14-10-23-12(2)18-14/h4-5,8,10-11,13H,6-7,9H2,1-3H3/t11-/m1/s1. The Morgan fingerprint density at radius 3 is 2.87 bits per heavy atom. The molecule has 0 unspecified atom stereocenters. The Morgan fingerprint density at radius 1 is 1.52 bits per heavy atom. The normalized spacial score (nSPS) is 15.4. The number of nitrogens with zero attached hydrogens (tertiary/aromatic N) is 3. The number of aromatic nitrogens is 2. The summed E-state index contributed by atoms with van der Waals surface area (Å²) in [4.78, 5) is 31.4. The van der Waals surface area contributed by atoms with Crippen LogP contribution in [-0.2, 0) is 6.54 Å². The number of pyridine rings is 1. The Hall–Kier alpha value is -1.95. The van der Waals surface area contributed by atoms with E-state index >= 15 is 0 Å². The van der Waals surface area contributed by atoms with Crippen molar-refractivity contribution in [3.8, 4) is 0 Å². The van der Waals surface area contributed by atoms with E-state index in [2.05, 4.69) is 11.9 Å². The first-order valence-electron chi connectivity index (χ1n) is 7.85. The molecule has 5 nitrogen and oxygen atoms in total. The lowest BCUT2D eigenvalue weighted by Crippen LogP contribution is -2.40. The predicted octanol–water partition coefficient (Wildman–Crippen LogP) is 2.53. The first-order chi connectivity index (χ1) is 11.0. The molecule has 0 aromatic carbocycles. The third-order valence-corrected chi connectivity index (χ3v) is 5.31. The fraction of sp³-hybridized carbons (Fsp3) is 0.471. The second-order valence-corrected chi connectivity index (χ2v) is 7.27. The SMILES string of the molecule is Cc1nc(Cn2cccc(C(=O)N(C)[C@H](C)C3CC3)c2=O)cs1. The van der Waals surface area contributed by atoms with Gasteiger partial charge >= 0.3 is 0 Å². The summed E-state index contributed by atoms with van der Waals surface area (Å²) < 4.78 is 1.55. The molecule has 23 heavy (non-hydrogen) atoms. The molecule has 0 saturated heterocycles. The summed E-state index contributed by atoms with van der Waals surface area (Å²) in [7, 11) is 1.78. The third-order valence-electron chi connectivity index (χ3n) is 4.48. The van der Waals surface area contributed by atoms with E-state index in [9.17, 15) is 9.59 Å². The van der Waals surface area contributed by atoms with Crippen LogP contribution in [0.15, 0.2) is 28.5 Å². The lowest BCUT2D eigenvalue weighted by atomic mass is 10.1. The molecule has 2 aromatic heterocycles. The van der Waals surface area contributed by atoms with Crippen LogP contribution in [0.25, 0.3) is 0 Å². The monoisotopic (exact) mass is 331 g/mol. The van der Waals surface area contributed by atoms with E-state index in [-0.39, 0.29) is 23.1 Å². The summed E-state index contributed by atoms with van der Waals surface area (Å²) in [5.41, 5.74) is 0.825. The molecule has 1 aliphatic carbocycles. The van der Waals surface area contributed by atoms with Gasteiger partial charge in [-0.15, -0.1) is 11.3 Å². The summed E-state index contributed by atoms with van der Waals surface area (Å²) in [5.74, 6) is 0.381. The van der Waals surface area contributed by atoms with Crippen LogP contribution in [0.3, 0.4) is 0 Å². The molecule has 6 heteroatoms. The van der Waals surface area contributed by atoms with Crippen LogP contribution in [-0.4, -0.2) is 33.4 Å². The molecule has 0 N–H and O–H groups in total. The van der Waals surface area contributed by atoms with Gasteiger partial charge in [-0.05, 0) is 44.7 Å². The number of hydrogen-bond acceptors (Lipinski definition) is 4. The van der Waals surface area contributed by atoms with Crippen LogP contribution in [0, 0.1) is 12.8 Å². The number of aryl methyl sites for hydroxylation is 1. The van der Waals surface area contributed by atoms with Crippen LogP contribution < -0.4 is 5.56 Å². The van der Waals surface area contributed by atoms with Gasteiger partial charge in [0.15, 0.2) is 0 Å². The minimum absolute atomic E-state index is 0.178. The summed E-state index contributed by atoms with van der Waals surface area (Å²) in [6, 6.07) is 3.55. The quantitative estimate of drug-likeness (QED) is 0.846. The van der Waals surface area contributed by atoms with Crippen molar-refractivity contribution in [3.63, 3.8) is 0 Å². The van der Waals surface area contributed by atoms with E-state index in [1.165, 1.54) is 12.8 Å². The van der Waals surface area contributed by atoms with Gasteiger partial charge in [-0.2, -0.15) is 0 Å². The second kappa shape index (κ2) is 6.28. The number of rotatable bonds is 5. The molecular formula is C17H21N3O2S. The van der Waals surface area contributed by atoms with Crippen molar-refractivity contribution in [2.24, 2.45) is 5.92 Å². The Labute approximate surface area is 139 Å². The molecular weight excluding hydrogens is 310 g/mol. The van der Waals surface area contributed by atoms with Gasteiger partial charge in [0, 0.05) is 24.7 Å². The lowest BCUT2D eigenvalue weighted by molar-refractivity contribution is 0.0725. The van der Waals surface area contributed by atoms with Gasteiger partial charge in [-0.25, -0.2) is 4.98 Å². The van der Waals surface area contributed by atoms with Crippen LogP contribution in [0.1, 0.15) is 40.8 Å². The zero-order chi connectivity index (χ0) is 16.6. The van der Waals surface area contributed by atoms with Crippen molar-refractivity contribution in [1.29, 1.82) is 0 Å². The van der Waals surface area contributed by atoms with Gasteiger partial charge in [0.05, 0.1) is 17.2 Å². The number of carbonyl (C=O) groups excluding carboxylic acids is 1. The Bertz CT molecular complexity index is 776. The van der Waals surface area contributed by atoms with E-state index in [4.69, 9.17) is 0 Å². The third kappa shape index (κ3) is 3.37. The zero-order valence-corrected chi connectivity index (χ0v) is 14.5. The van der Waals surface area contributed by atoms with Crippen LogP contribution >= 0.6 is 11.3 Å². The highest BCUT2D eigenvalue weighted by Gasteiger charge is 2.33. The smallest absolute Gasteiger partial charge is 0.263 e. The molecule has 0 radical (unpaired) electrons. The maximum atomic E-state index is 12.6. The number of amides is 1. The van der Waals surface area contributed by atoms with Crippen LogP contribution in [0.2, 0.25) is 0 Å². The van der Waals surface area contributed by atoms with E-state index in [1.54, 1.807) is 46.2 Å². The molecule has 0 aliphatic heterocycles. The van der Waals surface area contributed by atoms with E-state index < -0.39 is 0 Å². The summed E-state index contributed by atoms with van der Waals surface area (Å²) in [6.07, 6.45) is 4.04. The second-order valence-electron chi connectivity index (χ2n) is 6.21. The molecule has 1 saturated carbocycles. The Kier molecular flexibility index (Phi) is 4.35. The van der Waals surface area contributed by atoms with E-state index in [0.717, 1.165) is 10.7 Å². The van der Waals surface area contributed by atoms with Crippen molar-refractivity contribution >= 4 is 17.2 Å². The largest absolute Gasteiger partial charge is 0.339 e. The average molecular weight is 331 g/mol. The molecule has 2 heterocycles. The summed E-state index contributed by atoms with van der Waals surface area (Å²) in [6.45, 7) is 4.38. The predicted molar refractivity (Wildman–Crippen MR) is 90.9 cm³/mol. The zero-order valence-electron chi connectivity index (χ0n) is 13.7. The molecule has 1 aliphatic rings. The van der Waals surface area contributed by atoms with E-state index in [0.29, 0.717) is 12.5 Å². The fourth-order valence-electron chi connectivity index (χ4n) is 2.75. The van der Waals surface area contributed by atoms with Crippen molar-refractivity contribution in [1.82, 2.24) is 14.5 Å². The molecule has 0 bridgehead atoms. The Balaban J connectivity index is 1.84. The lowest BCUT2D eigenvalue weighted by Gasteiger charge is -2.24. The topological polar surface area (TPSA) is 55.2 Å². The molecule has 0 spiro atoms. The fourth-order valence-corrected chi connectivity index (χ4v) is 3.35. The van der Waals surface area contributed by atoms with Gasteiger partial charge in [0.25, 0.3) is 11.5 Å². The summed E-state index contributed by atoms with van der Waals surface area (Å²) >= 11 is 1.56. The molecule has 1 amide bonds. The van der Waals surface area contributed by atoms with Crippen molar-refractivity contribution in [2.45, 2.75) is 39.3 Å². The van der Waals surface area contributed by atoms with Crippen molar-refractivity contribution in [3.05, 3.63) is 50.3 Å². The van der Waals surface area contributed by atoms with Crippen LogP contribution in [0.4, 0.5) is 0 Å². The van der Waals surface area contributed by atoms with E-state index in [1.807, 2.05) is 12.3 Å². The van der Waals surface area contributed by atoms with Gasteiger partial charge in [0.1, 0.15) is 5.56 Å². The van der Waals surface area contributed by atoms with Crippen molar-refractivity contribution in [2.75, 3.05) is 7.05 Å². The highest BCUT2D eigenvalue weighted by Crippen LogP contribution is 2.34. The first-order valence-corrected chi connectivity index (χ1v) is 8.73. The number of thiazole rings is 1. The first kappa shape index (κ1) is 15.9. The maximum absolute atomic E-state index is 12.6. The van der Waals surface area contributed by atoms with Gasteiger partial charge in [-0.3, -0.25) is 9.59 Å².